The molecule has 0 radical (unpaired) electrons. The van der Waals surface area contributed by atoms with Gasteiger partial charge in [0.25, 0.3) is 11.8 Å². The maximum Gasteiger partial charge on any atom is 0.311 e. The minimum absolute atomic E-state index is 0.0116. The van der Waals surface area contributed by atoms with E-state index in [4.69, 9.17) is 15.2 Å². The Balaban J connectivity index is 1.65. The van der Waals surface area contributed by atoms with E-state index in [0.717, 1.165) is 35.3 Å². The Kier molecular flexibility index (Phi) is 6.22. The van der Waals surface area contributed by atoms with E-state index < -0.39 is 23.9 Å². The predicted molar refractivity (Wildman–Crippen MR) is 110 cm³/mol. The molecule has 3 N–H and O–H groups in total. The van der Waals surface area contributed by atoms with Crippen LogP contribution in [0.5, 0.6) is 5.75 Å². The van der Waals surface area contributed by atoms with Crippen LogP contribution in [0.15, 0.2) is 18.2 Å². The zero-order chi connectivity index (χ0) is 21.1. The first kappa shape index (κ1) is 20.9. The molecule has 154 valence electrons. The molecule has 0 saturated carbocycles. The summed E-state index contributed by atoms with van der Waals surface area (Å²) < 4.78 is 10.6. The molecule has 0 fully saturated rings. The second kappa shape index (κ2) is 8.65. The van der Waals surface area contributed by atoms with Crippen molar-refractivity contribution in [3.63, 3.8) is 0 Å². The number of nitrogens with two attached hydrogens (primary N) is 1. The number of ether oxygens (including phenoxy) is 2. The number of carbonyl (C=O) groups is 3. The number of carbonyl (C=O) groups excluding carboxylic acids is 3. The third kappa shape index (κ3) is 4.59. The Hall–Kier alpha value is -2.87. The van der Waals surface area contributed by atoms with Crippen LogP contribution in [-0.4, -0.2) is 31.0 Å². The van der Waals surface area contributed by atoms with E-state index in [0.29, 0.717) is 21.9 Å². The average molecular weight is 416 g/mol. The average Bonchev–Trinajstić information content (AvgIpc) is 3.22. The monoisotopic (exact) mass is 416 g/mol. The molecule has 2 aromatic rings. The van der Waals surface area contributed by atoms with E-state index >= 15 is 0 Å². The van der Waals surface area contributed by atoms with Gasteiger partial charge >= 0.3 is 5.97 Å². The van der Waals surface area contributed by atoms with Crippen LogP contribution in [0.4, 0.5) is 5.00 Å². The Morgan fingerprint density at radius 2 is 2.03 bits per heavy atom. The molecule has 1 aromatic heterocycles. The summed E-state index contributed by atoms with van der Waals surface area (Å²) >= 11 is 1.36. The lowest BCUT2D eigenvalue weighted by atomic mass is 10.1. The fourth-order valence-electron chi connectivity index (χ4n) is 3.46. The summed E-state index contributed by atoms with van der Waals surface area (Å²) in [5, 5.41) is 3.13. The highest BCUT2D eigenvalue weighted by Gasteiger charge is 2.28. The zero-order valence-electron chi connectivity index (χ0n) is 16.7. The summed E-state index contributed by atoms with van der Waals surface area (Å²) in [5.74, 6) is -1.02. The highest BCUT2D eigenvalue weighted by atomic mass is 32.1. The predicted octanol–water partition coefficient (Wildman–Crippen LogP) is 2.77. The van der Waals surface area contributed by atoms with Gasteiger partial charge in [-0.1, -0.05) is 17.7 Å². The zero-order valence-corrected chi connectivity index (χ0v) is 17.5. The SMILES string of the molecule is COc1ccc(C)cc1CC(=O)O[C@H](C)C(=O)Nc1sc2c(c1C(N)=O)CCC2. The summed E-state index contributed by atoms with van der Waals surface area (Å²) in [4.78, 5) is 37.8. The van der Waals surface area contributed by atoms with Crippen molar-refractivity contribution in [2.24, 2.45) is 5.73 Å². The van der Waals surface area contributed by atoms with E-state index in [9.17, 15) is 14.4 Å². The minimum Gasteiger partial charge on any atom is -0.496 e. The van der Waals surface area contributed by atoms with Crippen LogP contribution in [0.2, 0.25) is 0 Å². The van der Waals surface area contributed by atoms with E-state index in [1.165, 1.54) is 25.4 Å². The summed E-state index contributed by atoms with van der Waals surface area (Å²) in [6.07, 6.45) is 1.60. The van der Waals surface area contributed by atoms with Crippen LogP contribution in [0.25, 0.3) is 0 Å². The van der Waals surface area contributed by atoms with Crippen LogP contribution in [-0.2, 0) is 33.6 Å². The van der Waals surface area contributed by atoms with Crippen LogP contribution < -0.4 is 15.8 Å². The van der Waals surface area contributed by atoms with Crippen molar-refractivity contribution in [2.45, 2.75) is 45.6 Å². The lowest BCUT2D eigenvalue weighted by Gasteiger charge is -2.14. The maximum absolute atomic E-state index is 12.5. The molecule has 29 heavy (non-hydrogen) atoms. The van der Waals surface area contributed by atoms with Crippen LogP contribution in [0, 0.1) is 6.92 Å². The third-order valence-corrected chi connectivity index (χ3v) is 6.06. The highest BCUT2D eigenvalue weighted by molar-refractivity contribution is 7.17. The number of fused-ring (bicyclic) bond motifs is 1. The molecule has 2 amide bonds. The number of esters is 1. The van der Waals surface area contributed by atoms with Gasteiger partial charge in [0.1, 0.15) is 10.8 Å². The molecule has 1 aromatic carbocycles. The molecule has 0 saturated heterocycles. The van der Waals surface area contributed by atoms with Crippen molar-refractivity contribution in [1.82, 2.24) is 0 Å². The minimum atomic E-state index is -1.02. The van der Waals surface area contributed by atoms with Gasteiger partial charge in [0, 0.05) is 10.4 Å². The number of benzene rings is 1. The van der Waals surface area contributed by atoms with Gasteiger partial charge in [-0.2, -0.15) is 0 Å². The Bertz CT molecular complexity index is 966. The number of hydrogen-bond acceptors (Lipinski definition) is 6. The molecule has 3 rings (SSSR count). The number of primary amides is 1. The molecule has 1 atom stereocenters. The van der Waals surface area contributed by atoms with Crippen molar-refractivity contribution in [3.05, 3.63) is 45.3 Å². The smallest absolute Gasteiger partial charge is 0.311 e. The van der Waals surface area contributed by atoms with Crippen molar-refractivity contribution < 1.29 is 23.9 Å². The molecule has 8 heteroatoms. The number of anilines is 1. The first-order chi connectivity index (χ1) is 13.8. The standard InChI is InChI=1S/C21H24N2O5S/c1-11-7-8-15(27-3)13(9-11)10-17(24)28-12(2)20(26)23-21-18(19(22)25)14-5-4-6-16(14)29-21/h7-9,12H,4-6,10H2,1-3H3,(H2,22,25)(H,23,26)/t12-/m1/s1. The van der Waals surface area contributed by atoms with Crippen molar-refractivity contribution >= 4 is 34.1 Å². The Morgan fingerprint density at radius 1 is 1.28 bits per heavy atom. The number of hydrogen-bond donors (Lipinski definition) is 2. The first-order valence-electron chi connectivity index (χ1n) is 9.38. The molecule has 7 nitrogen and oxygen atoms in total. The van der Waals surface area contributed by atoms with E-state index in [1.807, 2.05) is 19.1 Å². The molecular weight excluding hydrogens is 392 g/mol. The molecule has 1 heterocycles. The molecular formula is C21H24N2O5S. The summed E-state index contributed by atoms with van der Waals surface area (Å²) in [5.41, 5.74) is 8.49. The van der Waals surface area contributed by atoms with Crippen LogP contribution in [0.3, 0.4) is 0 Å². The molecule has 0 unspecified atom stereocenters. The normalized spacial score (nSPS) is 13.5. The molecule has 0 spiro atoms. The lowest BCUT2D eigenvalue weighted by molar-refractivity contribution is -0.152. The van der Waals surface area contributed by atoms with Crippen LogP contribution >= 0.6 is 11.3 Å². The summed E-state index contributed by atoms with van der Waals surface area (Å²) in [6, 6.07) is 5.52. The number of rotatable bonds is 7. The van der Waals surface area contributed by atoms with E-state index in [1.54, 1.807) is 6.07 Å². The van der Waals surface area contributed by atoms with E-state index in [-0.39, 0.29) is 6.42 Å². The van der Waals surface area contributed by atoms with Gasteiger partial charge < -0.3 is 20.5 Å². The van der Waals surface area contributed by atoms with E-state index in [2.05, 4.69) is 5.32 Å². The fourth-order valence-corrected chi connectivity index (χ4v) is 4.76. The van der Waals surface area contributed by atoms with Crippen molar-refractivity contribution in [2.75, 3.05) is 12.4 Å². The Morgan fingerprint density at radius 3 is 2.72 bits per heavy atom. The second-order valence-corrected chi connectivity index (χ2v) is 8.14. The molecule has 1 aliphatic rings. The van der Waals surface area contributed by atoms with Crippen molar-refractivity contribution in [3.8, 4) is 5.75 Å². The second-order valence-electron chi connectivity index (χ2n) is 7.04. The summed E-state index contributed by atoms with van der Waals surface area (Å²) in [6.45, 7) is 3.41. The number of amides is 2. The largest absolute Gasteiger partial charge is 0.496 e. The number of thiophene rings is 1. The number of nitrogens with one attached hydrogen (secondary N) is 1. The first-order valence-corrected chi connectivity index (χ1v) is 10.2. The van der Waals surface area contributed by atoms with Gasteiger partial charge in [0.2, 0.25) is 0 Å². The van der Waals surface area contributed by atoms with Gasteiger partial charge in [-0.05, 0) is 44.7 Å². The quantitative estimate of drug-likeness (QED) is 0.675. The Labute approximate surface area is 173 Å². The number of aryl methyl sites for hydroxylation is 2. The van der Waals surface area contributed by atoms with Gasteiger partial charge in [0.05, 0.1) is 19.1 Å². The molecule has 1 aliphatic carbocycles. The topological polar surface area (TPSA) is 108 Å². The molecule has 0 bridgehead atoms. The van der Waals surface area contributed by atoms with Gasteiger partial charge in [0.15, 0.2) is 6.10 Å². The fraction of sp³-hybridized carbons (Fsp3) is 0.381. The van der Waals surface area contributed by atoms with Crippen molar-refractivity contribution in [1.29, 1.82) is 0 Å². The lowest BCUT2D eigenvalue weighted by Crippen LogP contribution is -2.31. The van der Waals surface area contributed by atoms with Crippen LogP contribution in [0.1, 0.15) is 45.3 Å². The summed E-state index contributed by atoms with van der Waals surface area (Å²) in [7, 11) is 1.53. The van der Waals surface area contributed by atoms with Gasteiger partial charge in [-0.25, -0.2) is 0 Å². The molecule has 0 aliphatic heterocycles. The highest BCUT2D eigenvalue weighted by Crippen LogP contribution is 2.38. The van der Waals surface area contributed by atoms with Gasteiger partial charge in [-0.15, -0.1) is 11.3 Å². The van der Waals surface area contributed by atoms with Gasteiger partial charge in [-0.3, -0.25) is 14.4 Å². The maximum atomic E-state index is 12.5. The number of methoxy groups -OCH3 is 1. The third-order valence-electron chi connectivity index (χ3n) is 4.85.